The molecule has 1 aromatic rings. The Balaban J connectivity index is 2.25. The van der Waals surface area contributed by atoms with Crippen molar-refractivity contribution < 1.29 is 13.2 Å². The lowest BCUT2D eigenvalue weighted by Gasteiger charge is -2.27. The van der Waals surface area contributed by atoms with E-state index < -0.39 is 10.0 Å². The number of aryl methyl sites for hydroxylation is 1. The minimum absolute atomic E-state index is 0.0142. The summed E-state index contributed by atoms with van der Waals surface area (Å²) in [6, 6.07) is 0.0142. The van der Waals surface area contributed by atoms with Crippen molar-refractivity contribution >= 4 is 10.0 Å². The Kier molecular flexibility index (Phi) is 4.27. The molecule has 0 saturated heterocycles. The zero-order valence-electron chi connectivity index (χ0n) is 11.6. The first-order chi connectivity index (χ1) is 8.96. The van der Waals surface area contributed by atoms with E-state index in [1.54, 1.807) is 18.5 Å². The van der Waals surface area contributed by atoms with Crippen LogP contribution in [0.4, 0.5) is 0 Å². The van der Waals surface area contributed by atoms with Crippen molar-refractivity contribution in [3.63, 3.8) is 0 Å². The normalized spacial score (nSPS) is 17.9. The van der Waals surface area contributed by atoms with Crippen LogP contribution in [-0.4, -0.2) is 48.8 Å². The number of hydrogen-bond donors (Lipinski definition) is 0. The zero-order valence-corrected chi connectivity index (χ0v) is 12.4. The van der Waals surface area contributed by atoms with E-state index >= 15 is 0 Å². The molecule has 0 bridgehead atoms. The Morgan fingerprint density at radius 2 is 2.26 bits per heavy atom. The van der Waals surface area contributed by atoms with Gasteiger partial charge in [-0.3, -0.25) is 4.68 Å². The van der Waals surface area contributed by atoms with Gasteiger partial charge in [-0.05, 0) is 25.7 Å². The zero-order chi connectivity index (χ0) is 14.0. The monoisotopic (exact) mass is 287 g/mol. The van der Waals surface area contributed by atoms with Gasteiger partial charge >= 0.3 is 0 Å². The van der Waals surface area contributed by atoms with E-state index in [9.17, 15) is 8.42 Å². The maximum atomic E-state index is 12.6. The van der Waals surface area contributed by atoms with E-state index in [4.69, 9.17) is 4.74 Å². The number of aromatic nitrogens is 2. The number of hydrogen-bond acceptors (Lipinski definition) is 4. The highest BCUT2D eigenvalue weighted by Gasteiger charge is 2.38. The fourth-order valence-electron chi connectivity index (χ4n) is 2.21. The van der Waals surface area contributed by atoms with Gasteiger partial charge in [-0.25, -0.2) is 8.42 Å². The minimum Gasteiger partial charge on any atom is -0.383 e. The van der Waals surface area contributed by atoms with Crippen molar-refractivity contribution in [1.29, 1.82) is 0 Å². The van der Waals surface area contributed by atoms with Crippen molar-refractivity contribution in [2.24, 2.45) is 13.0 Å². The number of ether oxygens (including phenoxy) is 1. The average Bonchev–Trinajstić information content (AvgIpc) is 3.11. The highest BCUT2D eigenvalue weighted by Crippen LogP contribution is 2.36. The lowest BCUT2D eigenvalue weighted by Crippen LogP contribution is -2.41. The molecule has 0 spiro atoms. The summed E-state index contributed by atoms with van der Waals surface area (Å²) in [7, 11) is -0.196. The first-order valence-corrected chi connectivity index (χ1v) is 7.90. The topological polar surface area (TPSA) is 64.4 Å². The third kappa shape index (κ3) is 3.16. The Hall–Kier alpha value is -0.920. The Labute approximate surface area is 114 Å². The Bertz CT molecular complexity index is 522. The summed E-state index contributed by atoms with van der Waals surface area (Å²) in [6.07, 6.45) is 5.14. The largest absolute Gasteiger partial charge is 0.383 e. The number of rotatable bonds is 7. The number of sulfonamides is 1. The second kappa shape index (κ2) is 5.60. The highest BCUT2D eigenvalue weighted by molar-refractivity contribution is 7.89. The van der Waals surface area contributed by atoms with Gasteiger partial charge in [-0.2, -0.15) is 9.40 Å². The molecule has 1 saturated carbocycles. The molecule has 6 nitrogen and oxygen atoms in total. The van der Waals surface area contributed by atoms with E-state index in [1.165, 1.54) is 17.1 Å². The van der Waals surface area contributed by atoms with Crippen LogP contribution in [0.5, 0.6) is 0 Å². The van der Waals surface area contributed by atoms with Crippen LogP contribution < -0.4 is 0 Å². The molecular weight excluding hydrogens is 266 g/mol. The van der Waals surface area contributed by atoms with Crippen LogP contribution in [0.25, 0.3) is 0 Å². The summed E-state index contributed by atoms with van der Waals surface area (Å²) < 4.78 is 33.4. The Morgan fingerprint density at radius 1 is 1.58 bits per heavy atom. The summed E-state index contributed by atoms with van der Waals surface area (Å²) in [6.45, 7) is 2.75. The molecule has 2 rings (SSSR count). The molecule has 1 fully saturated rings. The molecular formula is C12H21N3O3S. The predicted molar refractivity (Wildman–Crippen MR) is 71.2 cm³/mol. The molecule has 0 N–H and O–H groups in total. The van der Waals surface area contributed by atoms with Crippen molar-refractivity contribution in [3.8, 4) is 0 Å². The lowest BCUT2D eigenvalue weighted by atomic mass is 10.2. The van der Waals surface area contributed by atoms with E-state index in [0.717, 1.165) is 12.8 Å². The minimum atomic E-state index is -3.49. The van der Waals surface area contributed by atoms with E-state index in [0.29, 0.717) is 19.1 Å². The second-order valence-electron chi connectivity index (χ2n) is 5.04. The molecule has 1 atom stereocenters. The number of nitrogens with zero attached hydrogens (tertiary/aromatic N) is 3. The molecule has 1 heterocycles. The van der Waals surface area contributed by atoms with Crippen LogP contribution in [-0.2, 0) is 21.8 Å². The molecule has 0 amide bonds. The molecule has 108 valence electrons. The van der Waals surface area contributed by atoms with Gasteiger partial charge < -0.3 is 4.74 Å². The molecule has 0 unspecified atom stereocenters. The van der Waals surface area contributed by atoms with Gasteiger partial charge in [0, 0.05) is 32.9 Å². The molecule has 0 aromatic carbocycles. The van der Waals surface area contributed by atoms with Gasteiger partial charge in [0.05, 0.1) is 12.8 Å². The van der Waals surface area contributed by atoms with Crippen LogP contribution >= 0.6 is 0 Å². The van der Waals surface area contributed by atoms with Crippen LogP contribution in [0.1, 0.15) is 19.8 Å². The smallest absolute Gasteiger partial charge is 0.246 e. The summed E-state index contributed by atoms with van der Waals surface area (Å²) in [5.74, 6) is 0.475. The quantitative estimate of drug-likeness (QED) is 0.746. The van der Waals surface area contributed by atoms with Gasteiger partial charge in [0.2, 0.25) is 10.0 Å². The SMILES string of the molecule is COCCN([C@H](C)C1CC1)S(=O)(=O)c1cnn(C)c1. The van der Waals surface area contributed by atoms with Gasteiger partial charge in [-0.1, -0.05) is 0 Å². The fraction of sp³-hybridized carbons (Fsp3) is 0.750. The highest BCUT2D eigenvalue weighted by atomic mass is 32.2. The van der Waals surface area contributed by atoms with Gasteiger partial charge in [0.1, 0.15) is 4.90 Å². The summed E-state index contributed by atoms with van der Waals surface area (Å²) in [5.41, 5.74) is 0. The van der Waals surface area contributed by atoms with Crippen molar-refractivity contribution in [2.45, 2.75) is 30.7 Å². The van der Waals surface area contributed by atoms with Gasteiger partial charge in [0.25, 0.3) is 0 Å². The third-order valence-corrected chi connectivity index (χ3v) is 5.50. The van der Waals surface area contributed by atoms with Gasteiger partial charge in [-0.15, -0.1) is 0 Å². The summed E-state index contributed by atoms with van der Waals surface area (Å²) >= 11 is 0. The molecule has 1 aromatic heterocycles. The van der Waals surface area contributed by atoms with E-state index in [1.807, 2.05) is 6.92 Å². The van der Waals surface area contributed by atoms with Crippen molar-refractivity contribution in [1.82, 2.24) is 14.1 Å². The standard InChI is InChI=1S/C12H21N3O3S/c1-10(11-4-5-11)15(6-7-18-3)19(16,17)12-8-13-14(2)9-12/h8-11H,4-7H2,1-3H3/t10-/m1/s1. The van der Waals surface area contributed by atoms with Crippen molar-refractivity contribution in [2.75, 3.05) is 20.3 Å². The van der Waals surface area contributed by atoms with Crippen LogP contribution in [0.2, 0.25) is 0 Å². The first kappa shape index (κ1) is 14.5. The molecule has 0 aliphatic heterocycles. The molecule has 19 heavy (non-hydrogen) atoms. The van der Waals surface area contributed by atoms with E-state index in [2.05, 4.69) is 5.10 Å². The summed E-state index contributed by atoms with van der Waals surface area (Å²) in [4.78, 5) is 0.249. The molecule has 1 aliphatic rings. The average molecular weight is 287 g/mol. The summed E-state index contributed by atoms with van der Waals surface area (Å²) in [5, 5.41) is 3.94. The second-order valence-corrected chi connectivity index (χ2v) is 6.93. The third-order valence-electron chi connectivity index (χ3n) is 3.56. The maximum absolute atomic E-state index is 12.6. The molecule has 7 heteroatoms. The fourth-order valence-corrected chi connectivity index (χ4v) is 3.87. The predicted octanol–water partition coefficient (Wildman–Crippen LogP) is 0.856. The number of methoxy groups -OCH3 is 1. The maximum Gasteiger partial charge on any atom is 0.246 e. The Morgan fingerprint density at radius 3 is 2.74 bits per heavy atom. The molecule has 0 radical (unpaired) electrons. The van der Waals surface area contributed by atoms with Crippen LogP contribution in [0.3, 0.4) is 0 Å². The van der Waals surface area contributed by atoms with Gasteiger partial charge in [0.15, 0.2) is 0 Å². The van der Waals surface area contributed by atoms with E-state index in [-0.39, 0.29) is 10.9 Å². The van der Waals surface area contributed by atoms with Crippen LogP contribution in [0, 0.1) is 5.92 Å². The molecule has 1 aliphatic carbocycles. The lowest BCUT2D eigenvalue weighted by molar-refractivity contribution is 0.164. The van der Waals surface area contributed by atoms with Crippen molar-refractivity contribution in [3.05, 3.63) is 12.4 Å². The van der Waals surface area contributed by atoms with Crippen LogP contribution in [0.15, 0.2) is 17.3 Å². The first-order valence-electron chi connectivity index (χ1n) is 6.46.